The van der Waals surface area contributed by atoms with E-state index in [9.17, 15) is 13.6 Å². The summed E-state index contributed by atoms with van der Waals surface area (Å²) >= 11 is 1.97. The number of anilines is 1. The van der Waals surface area contributed by atoms with Gasteiger partial charge in [0.25, 0.3) is 0 Å². The molecular formula is C18H25F2N3O2S. The van der Waals surface area contributed by atoms with Gasteiger partial charge in [0.05, 0.1) is 5.69 Å². The highest BCUT2D eigenvalue weighted by atomic mass is 32.2. The van der Waals surface area contributed by atoms with Crippen molar-refractivity contribution < 1.29 is 18.3 Å². The second kappa shape index (κ2) is 8.90. The molecule has 1 saturated carbocycles. The van der Waals surface area contributed by atoms with Crippen LogP contribution in [0.1, 0.15) is 25.7 Å². The molecule has 1 aliphatic heterocycles. The molecule has 3 rings (SSSR count). The third-order valence-corrected chi connectivity index (χ3v) is 6.09. The Morgan fingerprint density at radius 1 is 1.23 bits per heavy atom. The van der Waals surface area contributed by atoms with Crippen LogP contribution in [0.5, 0.6) is 5.75 Å². The summed E-state index contributed by atoms with van der Waals surface area (Å²) in [6, 6.07) is 5.81. The number of carbonyl (C=O) groups is 1. The molecule has 1 heterocycles. The van der Waals surface area contributed by atoms with Gasteiger partial charge in [0.2, 0.25) is 0 Å². The van der Waals surface area contributed by atoms with E-state index < -0.39 is 12.6 Å². The Morgan fingerprint density at radius 3 is 2.62 bits per heavy atom. The molecule has 2 fully saturated rings. The van der Waals surface area contributed by atoms with Gasteiger partial charge in [0.15, 0.2) is 0 Å². The Morgan fingerprint density at radius 2 is 1.92 bits per heavy atom. The summed E-state index contributed by atoms with van der Waals surface area (Å²) in [5, 5.41) is 5.58. The van der Waals surface area contributed by atoms with Gasteiger partial charge in [-0.25, -0.2) is 4.79 Å². The Bertz CT molecular complexity index is 606. The molecule has 26 heavy (non-hydrogen) atoms. The van der Waals surface area contributed by atoms with Crippen LogP contribution in [0.2, 0.25) is 0 Å². The Kier molecular flexibility index (Phi) is 6.58. The Balaban J connectivity index is 1.59. The predicted octanol–water partition coefficient (Wildman–Crippen LogP) is 3.77. The lowest BCUT2D eigenvalue weighted by molar-refractivity contribution is -0.0493. The van der Waals surface area contributed by atoms with Crippen LogP contribution in [-0.2, 0) is 0 Å². The maximum Gasteiger partial charge on any atom is 0.387 e. The van der Waals surface area contributed by atoms with Gasteiger partial charge >= 0.3 is 12.6 Å². The summed E-state index contributed by atoms with van der Waals surface area (Å²) in [7, 11) is 0. The molecule has 2 amide bonds. The van der Waals surface area contributed by atoms with Crippen LogP contribution in [0.15, 0.2) is 24.3 Å². The number of hydrogen-bond acceptors (Lipinski definition) is 4. The molecule has 0 spiro atoms. The first kappa shape index (κ1) is 19.2. The van der Waals surface area contributed by atoms with Gasteiger partial charge in [-0.1, -0.05) is 25.0 Å². The van der Waals surface area contributed by atoms with Crippen molar-refractivity contribution in [1.82, 2.24) is 10.2 Å². The second-order valence-corrected chi connectivity index (χ2v) is 7.94. The quantitative estimate of drug-likeness (QED) is 0.783. The van der Waals surface area contributed by atoms with Gasteiger partial charge in [-0.3, -0.25) is 4.90 Å². The molecule has 0 unspecified atom stereocenters. The number of para-hydroxylation sites is 2. The fraction of sp³-hybridized carbons (Fsp3) is 0.611. The van der Waals surface area contributed by atoms with E-state index in [2.05, 4.69) is 20.3 Å². The lowest BCUT2D eigenvalue weighted by atomic mass is 9.94. The monoisotopic (exact) mass is 385 g/mol. The number of thioether (sulfide) groups is 1. The number of halogens is 2. The van der Waals surface area contributed by atoms with Crippen molar-refractivity contribution in [2.24, 2.45) is 0 Å². The van der Waals surface area contributed by atoms with Crippen molar-refractivity contribution in [2.45, 2.75) is 37.8 Å². The van der Waals surface area contributed by atoms with Gasteiger partial charge in [-0.15, -0.1) is 0 Å². The number of urea groups is 1. The number of carbonyl (C=O) groups excluding carboxylic acids is 1. The molecule has 2 N–H and O–H groups in total. The number of ether oxygens (including phenoxy) is 1. The fourth-order valence-electron chi connectivity index (χ4n) is 3.86. The summed E-state index contributed by atoms with van der Waals surface area (Å²) in [4.78, 5) is 14.9. The molecule has 0 aromatic heterocycles. The smallest absolute Gasteiger partial charge is 0.387 e. The van der Waals surface area contributed by atoms with E-state index in [0.29, 0.717) is 6.54 Å². The highest BCUT2D eigenvalue weighted by Crippen LogP contribution is 2.36. The minimum atomic E-state index is -2.93. The third kappa shape index (κ3) is 4.79. The first-order chi connectivity index (χ1) is 12.6. The maximum absolute atomic E-state index is 12.5. The normalized spacial score (nSPS) is 20.1. The number of nitrogens with one attached hydrogen (secondary N) is 2. The van der Waals surface area contributed by atoms with E-state index >= 15 is 0 Å². The van der Waals surface area contributed by atoms with Gasteiger partial charge in [0, 0.05) is 36.7 Å². The summed E-state index contributed by atoms with van der Waals surface area (Å²) in [6.45, 7) is -0.251. The van der Waals surface area contributed by atoms with E-state index in [0.717, 1.165) is 37.4 Å². The van der Waals surface area contributed by atoms with Crippen molar-refractivity contribution in [1.29, 1.82) is 0 Å². The number of alkyl halides is 2. The van der Waals surface area contributed by atoms with E-state index in [-0.39, 0.29) is 17.0 Å². The zero-order valence-corrected chi connectivity index (χ0v) is 15.5. The molecule has 0 bridgehead atoms. The number of amides is 2. The number of nitrogens with zero attached hydrogens (tertiary/aromatic N) is 1. The van der Waals surface area contributed by atoms with Gasteiger partial charge in [0.1, 0.15) is 5.75 Å². The van der Waals surface area contributed by atoms with Crippen LogP contribution in [0.3, 0.4) is 0 Å². The highest BCUT2D eigenvalue weighted by Gasteiger charge is 2.40. The minimum Gasteiger partial charge on any atom is -0.433 e. The summed E-state index contributed by atoms with van der Waals surface area (Å²) in [5.41, 5.74) is 0.261. The average Bonchev–Trinajstić information content (AvgIpc) is 3.12. The van der Waals surface area contributed by atoms with Crippen LogP contribution in [0.25, 0.3) is 0 Å². The molecule has 1 aliphatic carbocycles. The summed E-state index contributed by atoms with van der Waals surface area (Å²) in [6.07, 6.45) is 4.53. The minimum absolute atomic E-state index is 0.0251. The van der Waals surface area contributed by atoms with Gasteiger partial charge < -0.3 is 15.4 Å². The Labute approximate surface area is 156 Å². The van der Waals surface area contributed by atoms with Crippen molar-refractivity contribution in [2.75, 3.05) is 36.5 Å². The zero-order chi connectivity index (χ0) is 18.4. The molecule has 144 valence electrons. The lowest BCUT2D eigenvalue weighted by Gasteiger charge is -2.43. The molecule has 0 radical (unpaired) electrons. The van der Waals surface area contributed by atoms with Crippen molar-refractivity contribution >= 4 is 23.5 Å². The van der Waals surface area contributed by atoms with E-state index in [1.54, 1.807) is 18.2 Å². The van der Waals surface area contributed by atoms with Gasteiger partial charge in [-0.05, 0) is 25.0 Å². The predicted molar refractivity (Wildman–Crippen MR) is 100 cm³/mol. The molecule has 1 saturated heterocycles. The molecule has 8 heteroatoms. The topological polar surface area (TPSA) is 53.6 Å². The lowest BCUT2D eigenvalue weighted by Crippen LogP contribution is -2.56. The summed E-state index contributed by atoms with van der Waals surface area (Å²) in [5.74, 6) is 2.22. The van der Waals surface area contributed by atoms with E-state index in [4.69, 9.17) is 0 Å². The van der Waals surface area contributed by atoms with Crippen molar-refractivity contribution in [3.05, 3.63) is 24.3 Å². The number of hydrogen-bond donors (Lipinski definition) is 2. The average molecular weight is 385 g/mol. The summed E-state index contributed by atoms with van der Waals surface area (Å²) < 4.78 is 29.4. The maximum atomic E-state index is 12.5. The van der Waals surface area contributed by atoms with Crippen molar-refractivity contribution in [3.8, 4) is 5.75 Å². The largest absolute Gasteiger partial charge is 0.433 e. The highest BCUT2D eigenvalue weighted by molar-refractivity contribution is 7.99. The van der Waals surface area contributed by atoms with E-state index in [1.807, 2.05) is 11.8 Å². The van der Waals surface area contributed by atoms with Crippen LogP contribution in [-0.4, -0.2) is 54.2 Å². The SMILES string of the molecule is O=C(NCC1(N2CCSCC2)CCCC1)Nc1ccccc1OC(F)F. The van der Waals surface area contributed by atoms with Crippen LogP contribution in [0, 0.1) is 0 Å². The molecule has 2 aliphatic rings. The second-order valence-electron chi connectivity index (χ2n) is 6.71. The van der Waals surface area contributed by atoms with E-state index in [1.165, 1.54) is 18.9 Å². The standard InChI is InChI=1S/C18H25F2N3O2S/c19-16(20)25-15-6-2-1-5-14(15)22-17(24)21-13-18(7-3-4-8-18)23-9-11-26-12-10-23/h1-2,5-6,16H,3-4,7-13H2,(H2,21,22,24). The first-order valence-electron chi connectivity index (χ1n) is 9.01. The Hall–Kier alpha value is -1.54. The van der Waals surface area contributed by atoms with Crippen LogP contribution >= 0.6 is 11.8 Å². The van der Waals surface area contributed by atoms with Gasteiger partial charge in [-0.2, -0.15) is 20.5 Å². The zero-order valence-electron chi connectivity index (χ0n) is 14.7. The van der Waals surface area contributed by atoms with Crippen LogP contribution in [0.4, 0.5) is 19.3 Å². The molecular weight excluding hydrogens is 360 g/mol. The first-order valence-corrected chi connectivity index (χ1v) is 10.2. The number of benzene rings is 1. The van der Waals surface area contributed by atoms with Crippen LogP contribution < -0.4 is 15.4 Å². The number of rotatable bonds is 6. The third-order valence-electron chi connectivity index (χ3n) is 5.15. The molecule has 0 atom stereocenters. The molecule has 1 aromatic carbocycles. The molecule has 1 aromatic rings. The molecule has 5 nitrogen and oxygen atoms in total. The fourth-order valence-corrected chi connectivity index (χ4v) is 4.76. The van der Waals surface area contributed by atoms with Crippen molar-refractivity contribution in [3.63, 3.8) is 0 Å².